The van der Waals surface area contributed by atoms with Crippen molar-refractivity contribution in [3.05, 3.63) is 17.5 Å². The minimum atomic E-state index is -0.126. The van der Waals surface area contributed by atoms with Crippen molar-refractivity contribution >= 4 is 46.7 Å². The van der Waals surface area contributed by atoms with Gasteiger partial charge in [-0.05, 0) is 31.0 Å². The third-order valence-corrected chi connectivity index (χ3v) is 5.46. The molecule has 1 amide bonds. The van der Waals surface area contributed by atoms with Crippen LogP contribution < -0.4 is 5.32 Å². The third-order valence-electron chi connectivity index (χ3n) is 2.72. The van der Waals surface area contributed by atoms with Crippen molar-refractivity contribution in [2.24, 2.45) is 7.05 Å². The van der Waals surface area contributed by atoms with Gasteiger partial charge in [-0.1, -0.05) is 0 Å². The normalized spacial score (nSPS) is 10.7. The van der Waals surface area contributed by atoms with Gasteiger partial charge in [0.05, 0.1) is 27.4 Å². The molecule has 102 valence electrons. The van der Waals surface area contributed by atoms with E-state index in [9.17, 15) is 4.79 Å². The van der Waals surface area contributed by atoms with Gasteiger partial charge in [-0.2, -0.15) is 9.47 Å². The maximum atomic E-state index is 12.4. The first-order valence-electron chi connectivity index (χ1n) is 5.46. The van der Waals surface area contributed by atoms with Gasteiger partial charge in [-0.3, -0.25) is 9.48 Å². The number of anilines is 1. The number of aryl methyl sites for hydroxylation is 1. The summed E-state index contributed by atoms with van der Waals surface area (Å²) >= 11 is 4.38. The van der Waals surface area contributed by atoms with E-state index in [-0.39, 0.29) is 5.91 Å². The lowest BCUT2D eigenvalue weighted by atomic mass is 10.3. The molecule has 0 unspecified atom stereocenters. The van der Waals surface area contributed by atoms with Crippen molar-refractivity contribution in [3.8, 4) is 0 Å². The Morgan fingerprint density at radius 3 is 2.68 bits per heavy atom. The van der Waals surface area contributed by atoms with Gasteiger partial charge in [-0.15, -0.1) is 23.5 Å². The summed E-state index contributed by atoms with van der Waals surface area (Å²) in [7, 11) is 1.85. The van der Waals surface area contributed by atoms with Crippen molar-refractivity contribution < 1.29 is 4.79 Å². The van der Waals surface area contributed by atoms with Gasteiger partial charge in [0.15, 0.2) is 0 Å². The predicted octanol–water partition coefficient (Wildman–Crippen LogP) is 2.88. The van der Waals surface area contributed by atoms with Gasteiger partial charge in [0.2, 0.25) is 0 Å². The van der Waals surface area contributed by atoms with Gasteiger partial charge in [0, 0.05) is 7.05 Å². The van der Waals surface area contributed by atoms with Crippen molar-refractivity contribution in [2.75, 3.05) is 17.8 Å². The number of hydrogen-bond acceptors (Lipinski definition) is 6. The van der Waals surface area contributed by atoms with Gasteiger partial charge in [0.1, 0.15) is 5.03 Å². The number of aromatic nitrogens is 3. The molecule has 8 heteroatoms. The Labute approximate surface area is 124 Å². The van der Waals surface area contributed by atoms with Crippen LogP contribution >= 0.6 is 35.1 Å². The van der Waals surface area contributed by atoms with Gasteiger partial charge in [0.25, 0.3) is 5.91 Å². The molecular weight excluding hydrogens is 300 g/mol. The quantitative estimate of drug-likeness (QED) is 0.879. The largest absolute Gasteiger partial charge is 0.319 e. The van der Waals surface area contributed by atoms with Crippen LogP contribution in [0, 0.1) is 6.92 Å². The summed E-state index contributed by atoms with van der Waals surface area (Å²) < 4.78 is 6.96. The summed E-state index contributed by atoms with van der Waals surface area (Å²) in [6.45, 7) is 1.92. The Hall–Kier alpha value is -0.990. The molecule has 0 bridgehead atoms. The lowest BCUT2D eigenvalue weighted by Gasteiger charge is -2.05. The van der Waals surface area contributed by atoms with E-state index in [1.54, 1.807) is 22.6 Å². The zero-order valence-electron chi connectivity index (χ0n) is 11.1. The highest BCUT2D eigenvalue weighted by Gasteiger charge is 2.21. The lowest BCUT2D eigenvalue weighted by Crippen LogP contribution is -2.13. The SMILES string of the molecule is CSc1nsc(SC)c1C(=O)Nc1cnn(C)c1C. The molecule has 2 rings (SSSR count). The summed E-state index contributed by atoms with van der Waals surface area (Å²) in [5.74, 6) is -0.126. The van der Waals surface area contributed by atoms with E-state index in [0.717, 1.165) is 20.6 Å². The number of nitrogens with one attached hydrogen (secondary N) is 1. The van der Waals surface area contributed by atoms with E-state index in [1.807, 2.05) is 26.5 Å². The summed E-state index contributed by atoms with van der Waals surface area (Å²) in [5, 5.41) is 7.79. The van der Waals surface area contributed by atoms with E-state index in [1.165, 1.54) is 23.3 Å². The van der Waals surface area contributed by atoms with Crippen molar-refractivity contribution in [1.82, 2.24) is 14.2 Å². The van der Waals surface area contributed by atoms with E-state index < -0.39 is 0 Å². The van der Waals surface area contributed by atoms with E-state index in [0.29, 0.717) is 5.56 Å². The Kier molecular flexibility index (Phi) is 4.54. The van der Waals surface area contributed by atoms with Crippen LogP contribution in [0.4, 0.5) is 5.69 Å². The number of nitrogens with zero attached hydrogens (tertiary/aromatic N) is 3. The second-order valence-corrected chi connectivity index (χ2v) is 6.42. The number of hydrogen-bond donors (Lipinski definition) is 1. The van der Waals surface area contributed by atoms with E-state index in [2.05, 4.69) is 14.8 Å². The maximum Gasteiger partial charge on any atom is 0.260 e. The molecule has 0 aromatic carbocycles. The third kappa shape index (κ3) is 2.80. The van der Waals surface area contributed by atoms with E-state index in [4.69, 9.17) is 0 Å². The number of carbonyl (C=O) groups excluding carboxylic acids is 1. The average Bonchev–Trinajstić information content (AvgIpc) is 2.96. The van der Waals surface area contributed by atoms with Gasteiger partial charge in [-0.25, -0.2) is 0 Å². The monoisotopic (exact) mass is 314 g/mol. The molecule has 2 aromatic rings. The van der Waals surface area contributed by atoms with Crippen molar-refractivity contribution in [2.45, 2.75) is 16.2 Å². The van der Waals surface area contributed by atoms with Crippen LogP contribution in [0.1, 0.15) is 16.1 Å². The number of thioether (sulfide) groups is 2. The Balaban J connectivity index is 2.29. The molecule has 0 fully saturated rings. The highest BCUT2D eigenvalue weighted by atomic mass is 32.2. The fourth-order valence-corrected chi connectivity index (χ4v) is 3.82. The predicted molar refractivity (Wildman–Crippen MR) is 81.6 cm³/mol. The minimum Gasteiger partial charge on any atom is -0.319 e. The summed E-state index contributed by atoms with van der Waals surface area (Å²) in [4.78, 5) is 12.4. The molecule has 5 nitrogen and oxygen atoms in total. The fraction of sp³-hybridized carbons (Fsp3) is 0.364. The van der Waals surface area contributed by atoms with E-state index >= 15 is 0 Å². The Morgan fingerprint density at radius 2 is 2.16 bits per heavy atom. The fourth-order valence-electron chi connectivity index (χ4n) is 1.54. The summed E-state index contributed by atoms with van der Waals surface area (Å²) in [6.07, 6.45) is 5.53. The molecule has 0 saturated carbocycles. The lowest BCUT2D eigenvalue weighted by molar-refractivity contribution is 0.102. The van der Waals surface area contributed by atoms with Crippen LogP contribution in [0.15, 0.2) is 15.4 Å². The number of carbonyl (C=O) groups is 1. The molecule has 0 aliphatic carbocycles. The molecule has 0 saturated heterocycles. The Morgan fingerprint density at radius 1 is 1.42 bits per heavy atom. The molecular formula is C11H14N4OS3. The van der Waals surface area contributed by atoms with Crippen LogP contribution in [-0.2, 0) is 7.05 Å². The maximum absolute atomic E-state index is 12.4. The zero-order chi connectivity index (χ0) is 14.0. The molecule has 19 heavy (non-hydrogen) atoms. The molecule has 0 aliphatic heterocycles. The van der Waals surface area contributed by atoms with Crippen LogP contribution in [0.25, 0.3) is 0 Å². The molecule has 2 aromatic heterocycles. The summed E-state index contributed by atoms with van der Waals surface area (Å²) in [5.41, 5.74) is 2.32. The van der Waals surface area contributed by atoms with Crippen LogP contribution in [-0.4, -0.2) is 32.6 Å². The van der Waals surface area contributed by atoms with Crippen LogP contribution in [0.5, 0.6) is 0 Å². The summed E-state index contributed by atoms with van der Waals surface area (Å²) in [6, 6.07) is 0. The van der Waals surface area contributed by atoms with Gasteiger partial charge >= 0.3 is 0 Å². The highest BCUT2D eigenvalue weighted by Crippen LogP contribution is 2.33. The topological polar surface area (TPSA) is 59.8 Å². The molecule has 0 aliphatic rings. The molecule has 0 radical (unpaired) electrons. The first kappa shape index (κ1) is 14.4. The van der Waals surface area contributed by atoms with Crippen LogP contribution in [0.3, 0.4) is 0 Å². The molecule has 0 spiro atoms. The van der Waals surface area contributed by atoms with Gasteiger partial charge < -0.3 is 5.32 Å². The molecule has 2 heterocycles. The molecule has 0 atom stereocenters. The number of amides is 1. The second kappa shape index (κ2) is 5.98. The first-order valence-corrected chi connectivity index (χ1v) is 8.68. The first-order chi connectivity index (χ1) is 9.08. The van der Waals surface area contributed by atoms with Crippen molar-refractivity contribution in [3.63, 3.8) is 0 Å². The smallest absolute Gasteiger partial charge is 0.260 e. The highest BCUT2D eigenvalue weighted by molar-refractivity contribution is 8.01. The number of rotatable bonds is 4. The second-order valence-electron chi connectivity index (χ2n) is 3.78. The van der Waals surface area contributed by atoms with Crippen LogP contribution in [0.2, 0.25) is 0 Å². The zero-order valence-corrected chi connectivity index (χ0v) is 13.5. The minimum absolute atomic E-state index is 0.126. The Bertz CT molecular complexity index is 584. The van der Waals surface area contributed by atoms with Crippen molar-refractivity contribution in [1.29, 1.82) is 0 Å². The molecule has 1 N–H and O–H groups in total. The standard InChI is InChI=1S/C11H14N4OS3/c1-6-7(5-12-15(6)2)13-9(16)8-10(17-3)14-19-11(8)18-4/h5H,1-4H3,(H,13,16). The average molecular weight is 314 g/mol.